The van der Waals surface area contributed by atoms with E-state index in [1.54, 1.807) is 6.92 Å². The van der Waals surface area contributed by atoms with Gasteiger partial charge in [0.25, 0.3) is 0 Å². The van der Waals surface area contributed by atoms with Crippen LogP contribution in [0.4, 0.5) is 0 Å². The van der Waals surface area contributed by atoms with Crippen LogP contribution < -0.4 is 0 Å². The van der Waals surface area contributed by atoms with Crippen LogP contribution in [0.1, 0.15) is 14.4 Å². The van der Waals surface area contributed by atoms with Crippen LogP contribution in [0.2, 0.25) is 0 Å². The first-order valence-electron chi connectivity index (χ1n) is 3.29. The average Bonchev–Trinajstić information content (AvgIpc) is 2.17. The molecule has 0 saturated carbocycles. The van der Waals surface area contributed by atoms with Crippen molar-refractivity contribution in [3.63, 3.8) is 0 Å². The molecular weight excluding hydrogens is 148 g/mol. The minimum absolute atomic E-state index is 0. The monoisotopic (exact) mass is 164 g/mol. The third kappa shape index (κ3) is 1.90. The molecule has 68 valence electrons. The SMILES string of the molecule is C.C[C@@H]1O[C@H](CO)C(O)[C@@H]1O. The van der Waals surface area contributed by atoms with Crippen molar-refractivity contribution in [3.05, 3.63) is 0 Å². The van der Waals surface area contributed by atoms with Crippen molar-refractivity contribution >= 4 is 0 Å². The molecule has 0 bridgehead atoms. The lowest BCUT2D eigenvalue weighted by atomic mass is 10.1. The van der Waals surface area contributed by atoms with E-state index in [1.165, 1.54) is 0 Å². The molecule has 0 spiro atoms. The van der Waals surface area contributed by atoms with Crippen LogP contribution in [0.5, 0.6) is 0 Å². The number of hydrogen-bond donors (Lipinski definition) is 3. The van der Waals surface area contributed by atoms with Gasteiger partial charge in [-0.3, -0.25) is 0 Å². The van der Waals surface area contributed by atoms with E-state index in [0.717, 1.165) is 0 Å². The molecular formula is C7H16O4. The second-order valence-corrected chi connectivity index (χ2v) is 2.54. The van der Waals surface area contributed by atoms with E-state index < -0.39 is 18.3 Å². The zero-order chi connectivity index (χ0) is 7.72. The van der Waals surface area contributed by atoms with Crippen LogP contribution in [-0.2, 0) is 4.74 Å². The van der Waals surface area contributed by atoms with Gasteiger partial charge in [-0.05, 0) is 6.92 Å². The number of aliphatic hydroxyl groups excluding tert-OH is 3. The van der Waals surface area contributed by atoms with Crippen LogP contribution in [0, 0.1) is 0 Å². The van der Waals surface area contributed by atoms with E-state index in [-0.39, 0.29) is 20.1 Å². The van der Waals surface area contributed by atoms with Gasteiger partial charge >= 0.3 is 0 Å². The van der Waals surface area contributed by atoms with Gasteiger partial charge in [-0.15, -0.1) is 0 Å². The second kappa shape index (κ2) is 4.01. The Morgan fingerprint density at radius 3 is 2.00 bits per heavy atom. The number of hydrogen-bond acceptors (Lipinski definition) is 4. The molecule has 0 radical (unpaired) electrons. The Bertz CT molecular complexity index is 117. The van der Waals surface area contributed by atoms with Crippen molar-refractivity contribution in [2.24, 2.45) is 0 Å². The highest BCUT2D eigenvalue weighted by Gasteiger charge is 2.39. The minimum Gasteiger partial charge on any atom is -0.394 e. The predicted octanol–water partition coefficient (Wildman–Crippen LogP) is -0.876. The van der Waals surface area contributed by atoms with Crippen molar-refractivity contribution in [2.45, 2.75) is 38.8 Å². The summed E-state index contributed by atoms with van der Waals surface area (Å²) in [6.07, 6.45) is -2.81. The van der Waals surface area contributed by atoms with Crippen LogP contribution in [0.25, 0.3) is 0 Å². The van der Waals surface area contributed by atoms with Crippen LogP contribution in [0.15, 0.2) is 0 Å². The third-order valence-corrected chi connectivity index (χ3v) is 1.78. The largest absolute Gasteiger partial charge is 0.394 e. The molecule has 1 aliphatic heterocycles. The molecule has 0 amide bonds. The van der Waals surface area contributed by atoms with Gasteiger partial charge in [0.2, 0.25) is 0 Å². The molecule has 1 saturated heterocycles. The number of aliphatic hydroxyl groups is 3. The molecule has 3 N–H and O–H groups in total. The van der Waals surface area contributed by atoms with Gasteiger partial charge in [-0.1, -0.05) is 7.43 Å². The molecule has 0 aromatic rings. The Kier molecular flexibility index (Phi) is 3.96. The van der Waals surface area contributed by atoms with Gasteiger partial charge in [-0.25, -0.2) is 0 Å². The first-order chi connectivity index (χ1) is 4.66. The molecule has 1 aliphatic rings. The molecule has 0 aromatic carbocycles. The molecule has 0 aliphatic carbocycles. The summed E-state index contributed by atoms with van der Waals surface area (Å²) in [5, 5.41) is 26.8. The summed E-state index contributed by atoms with van der Waals surface area (Å²) >= 11 is 0. The number of ether oxygens (including phenoxy) is 1. The predicted molar refractivity (Wildman–Crippen MR) is 40.2 cm³/mol. The Labute approximate surface area is 66.4 Å². The van der Waals surface area contributed by atoms with Crippen molar-refractivity contribution in [1.29, 1.82) is 0 Å². The van der Waals surface area contributed by atoms with E-state index in [1.807, 2.05) is 0 Å². The summed E-state index contributed by atoms with van der Waals surface area (Å²) in [5.74, 6) is 0. The minimum atomic E-state index is -0.944. The smallest absolute Gasteiger partial charge is 0.111 e. The fourth-order valence-corrected chi connectivity index (χ4v) is 1.09. The maximum absolute atomic E-state index is 9.09. The van der Waals surface area contributed by atoms with Crippen molar-refractivity contribution < 1.29 is 20.1 Å². The molecule has 11 heavy (non-hydrogen) atoms. The first kappa shape index (κ1) is 10.8. The lowest BCUT2D eigenvalue weighted by molar-refractivity contribution is -0.0171. The Hall–Kier alpha value is -0.160. The fourth-order valence-electron chi connectivity index (χ4n) is 1.09. The van der Waals surface area contributed by atoms with E-state index in [2.05, 4.69) is 0 Å². The Balaban J connectivity index is 0.000001000. The summed E-state index contributed by atoms with van der Waals surface area (Å²) in [7, 11) is 0. The molecule has 4 nitrogen and oxygen atoms in total. The second-order valence-electron chi connectivity index (χ2n) is 2.54. The van der Waals surface area contributed by atoms with Crippen LogP contribution >= 0.6 is 0 Å². The molecule has 0 aromatic heterocycles. The summed E-state index contributed by atoms with van der Waals surface area (Å²) < 4.78 is 4.98. The molecule has 1 rings (SSSR count). The van der Waals surface area contributed by atoms with Crippen molar-refractivity contribution in [1.82, 2.24) is 0 Å². The average molecular weight is 164 g/mol. The molecule has 4 atom stereocenters. The topological polar surface area (TPSA) is 69.9 Å². The maximum atomic E-state index is 9.09. The highest BCUT2D eigenvalue weighted by molar-refractivity contribution is 4.87. The van der Waals surface area contributed by atoms with Gasteiger partial charge in [0, 0.05) is 0 Å². The van der Waals surface area contributed by atoms with E-state index in [4.69, 9.17) is 20.1 Å². The fraction of sp³-hybridized carbons (Fsp3) is 1.00. The lowest BCUT2D eigenvalue weighted by Gasteiger charge is -2.10. The standard InChI is InChI=1S/C6H12O4.CH4/c1-3-5(8)6(9)4(2-7)10-3;/h3-9H,2H2,1H3;1H4/t3-,4+,5+,6?;/m0./s1. The van der Waals surface area contributed by atoms with Gasteiger partial charge in [0.15, 0.2) is 0 Å². The maximum Gasteiger partial charge on any atom is 0.111 e. The third-order valence-electron chi connectivity index (χ3n) is 1.78. The quantitative estimate of drug-likeness (QED) is 0.471. The molecule has 1 fully saturated rings. The Morgan fingerprint density at radius 2 is 1.82 bits per heavy atom. The van der Waals surface area contributed by atoms with E-state index in [0.29, 0.717) is 0 Å². The van der Waals surface area contributed by atoms with Gasteiger partial charge in [-0.2, -0.15) is 0 Å². The van der Waals surface area contributed by atoms with Crippen LogP contribution in [-0.4, -0.2) is 46.3 Å². The first-order valence-corrected chi connectivity index (χ1v) is 3.29. The lowest BCUT2D eigenvalue weighted by Crippen LogP contribution is -2.33. The van der Waals surface area contributed by atoms with Gasteiger partial charge < -0.3 is 20.1 Å². The molecule has 1 heterocycles. The zero-order valence-electron chi connectivity index (χ0n) is 5.77. The zero-order valence-corrected chi connectivity index (χ0v) is 5.77. The highest BCUT2D eigenvalue weighted by Crippen LogP contribution is 2.19. The van der Waals surface area contributed by atoms with Crippen LogP contribution in [0.3, 0.4) is 0 Å². The van der Waals surface area contributed by atoms with Gasteiger partial charge in [0.05, 0.1) is 12.7 Å². The van der Waals surface area contributed by atoms with E-state index >= 15 is 0 Å². The summed E-state index contributed by atoms with van der Waals surface area (Å²) in [6.45, 7) is 1.41. The van der Waals surface area contributed by atoms with Crippen molar-refractivity contribution in [2.75, 3.05) is 6.61 Å². The normalized spacial score (nSPS) is 43.6. The summed E-state index contributed by atoms with van der Waals surface area (Å²) in [6, 6.07) is 0. The highest BCUT2D eigenvalue weighted by atomic mass is 16.5. The number of rotatable bonds is 1. The van der Waals surface area contributed by atoms with Gasteiger partial charge in [0.1, 0.15) is 18.3 Å². The van der Waals surface area contributed by atoms with E-state index in [9.17, 15) is 0 Å². The summed E-state index contributed by atoms with van der Waals surface area (Å²) in [5.41, 5.74) is 0. The Morgan fingerprint density at radius 1 is 1.27 bits per heavy atom. The summed E-state index contributed by atoms with van der Waals surface area (Å²) in [4.78, 5) is 0. The van der Waals surface area contributed by atoms with Crippen molar-refractivity contribution in [3.8, 4) is 0 Å². The molecule has 4 heteroatoms. The molecule has 1 unspecified atom stereocenters.